The van der Waals surface area contributed by atoms with Gasteiger partial charge in [-0.1, -0.05) is 13.8 Å². The average molecular weight is 248 g/mol. The van der Waals surface area contributed by atoms with Crippen LogP contribution in [0.4, 0.5) is 0 Å². The van der Waals surface area contributed by atoms with Gasteiger partial charge in [-0.05, 0) is 18.8 Å². The van der Waals surface area contributed by atoms with Gasteiger partial charge in [0.2, 0.25) is 0 Å². The highest BCUT2D eigenvalue weighted by Gasteiger charge is 2.37. The number of rotatable bonds is 3. The Morgan fingerprint density at radius 1 is 1.39 bits per heavy atom. The van der Waals surface area contributed by atoms with Gasteiger partial charge in [-0.2, -0.15) is 0 Å². The zero-order valence-electron chi connectivity index (χ0n) is 10.5. The van der Waals surface area contributed by atoms with Gasteiger partial charge < -0.3 is 4.98 Å². The molecule has 1 saturated carbocycles. The Hall–Kier alpha value is -1.85. The molecule has 0 spiro atoms. The maximum absolute atomic E-state index is 11.8. The monoisotopic (exact) mass is 248 g/mol. The molecular formula is C12H16N4O2. The molecule has 0 aromatic carbocycles. The number of fused-ring (bicyclic) bond motifs is 1. The third-order valence-corrected chi connectivity index (χ3v) is 3.56. The molecule has 1 aliphatic carbocycles. The second-order valence-electron chi connectivity index (χ2n) is 5.05. The van der Waals surface area contributed by atoms with Crippen molar-refractivity contribution >= 4 is 11.2 Å². The lowest BCUT2D eigenvalue weighted by Crippen LogP contribution is -2.30. The van der Waals surface area contributed by atoms with Crippen molar-refractivity contribution in [2.75, 3.05) is 0 Å². The molecule has 2 unspecified atom stereocenters. The lowest BCUT2D eigenvalue weighted by Gasteiger charge is -2.02. The molecule has 0 radical (unpaired) electrons. The molecule has 0 saturated heterocycles. The second kappa shape index (κ2) is 3.83. The zero-order valence-corrected chi connectivity index (χ0v) is 10.5. The molecule has 3 rings (SSSR count). The Balaban J connectivity index is 2.24. The molecule has 1 fully saturated rings. The molecule has 1 aliphatic rings. The average Bonchev–Trinajstić information content (AvgIpc) is 2.90. The molecule has 18 heavy (non-hydrogen) atoms. The van der Waals surface area contributed by atoms with E-state index in [1.807, 2.05) is 6.92 Å². The first-order valence-electron chi connectivity index (χ1n) is 6.34. The fourth-order valence-electron chi connectivity index (χ4n) is 2.37. The van der Waals surface area contributed by atoms with Crippen molar-refractivity contribution in [3.05, 3.63) is 26.7 Å². The normalized spacial score (nSPS) is 22.6. The molecule has 0 amide bonds. The summed E-state index contributed by atoms with van der Waals surface area (Å²) in [4.78, 5) is 33.4. The lowest BCUT2D eigenvalue weighted by atomic mass is 10.3. The first-order chi connectivity index (χ1) is 8.61. The van der Waals surface area contributed by atoms with E-state index in [2.05, 4.69) is 21.9 Å². The SMILES string of the molecule is CCCn1c(=O)[nH]c(=O)c2[nH]c(C3CC3C)nc21. The van der Waals surface area contributed by atoms with Crippen molar-refractivity contribution in [1.29, 1.82) is 0 Å². The van der Waals surface area contributed by atoms with E-state index in [0.29, 0.717) is 29.5 Å². The topological polar surface area (TPSA) is 83.5 Å². The predicted octanol–water partition coefficient (Wildman–Crippen LogP) is 0.946. The van der Waals surface area contributed by atoms with Gasteiger partial charge in [-0.3, -0.25) is 14.3 Å². The Bertz CT molecular complexity index is 709. The van der Waals surface area contributed by atoms with E-state index < -0.39 is 0 Å². The number of H-pyrrole nitrogens is 2. The van der Waals surface area contributed by atoms with E-state index in [9.17, 15) is 9.59 Å². The van der Waals surface area contributed by atoms with E-state index in [-0.39, 0.29) is 11.2 Å². The van der Waals surface area contributed by atoms with Crippen molar-refractivity contribution in [3.63, 3.8) is 0 Å². The Morgan fingerprint density at radius 3 is 2.72 bits per heavy atom. The number of aromatic nitrogens is 4. The highest BCUT2D eigenvalue weighted by atomic mass is 16.2. The number of hydrogen-bond donors (Lipinski definition) is 2. The molecule has 2 aromatic rings. The Labute approximate surface area is 103 Å². The van der Waals surface area contributed by atoms with Crippen molar-refractivity contribution in [2.24, 2.45) is 5.92 Å². The zero-order chi connectivity index (χ0) is 12.9. The van der Waals surface area contributed by atoms with E-state index >= 15 is 0 Å². The predicted molar refractivity (Wildman–Crippen MR) is 67.8 cm³/mol. The van der Waals surface area contributed by atoms with Crippen molar-refractivity contribution in [3.8, 4) is 0 Å². The molecule has 96 valence electrons. The van der Waals surface area contributed by atoms with E-state index in [1.165, 1.54) is 4.57 Å². The first-order valence-corrected chi connectivity index (χ1v) is 6.34. The van der Waals surface area contributed by atoms with Gasteiger partial charge in [0.15, 0.2) is 5.65 Å². The smallest absolute Gasteiger partial charge is 0.330 e. The molecule has 0 aliphatic heterocycles. The molecule has 6 nitrogen and oxygen atoms in total. The molecule has 2 aromatic heterocycles. The second-order valence-corrected chi connectivity index (χ2v) is 5.05. The summed E-state index contributed by atoms with van der Waals surface area (Å²) in [7, 11) is 0. The number of nitrogens with one attached hydrogen (secondary N) is 2. The van der Waals surface area contributed by atoms with Crippen LogP contribution in [0.3, 0.4) is 0 Å². The molecule has 2 heterocycles. The number of nitrogens with zero attached hydrogens (tertiary/aromatic N) is 2. The van der Waals surface area contributed by atoms with Gasteiger partial charge >= 0.3 is 5.69 Å². The van der Waals surface area contributed by atoms with Crippen LogP contribution in [0.2, 0.25) is 0 Å². The summed E-state index contributed by atoms with van der Waals surface area (Å²) in [6.45, 7) is 4.71. The van der Waals surface area contributed by atoms with Crippen LogP contribution >= 0.6 is 0 Å². The summed E-state index contributed by atoms with van der Waals surface area (Å²) in [5.41, 5.74) is 0.141. The summed E-state index contributed by atoms with van der Waals surface area (Å²) in [6, 6.07) is 0. The molecule has 2 atom stereocenters. The maximum Gasteiger partial charge on any atom is 0.330 e. The minimum Gasteiger partial charge on any atom is -0.336 e. The summed E-state index contributed by atoms with van der Waals surface area (Å²) >= 11 is 0. The highest BCUT2D eigenvalue weighted by Crippen LogP contribution is 2.45. The number of hydrogen-bond acceptors (Lipinski definition) is 3. The van der Waals surface area contributed by atoms with Gasteiger partial charge in [-0.15, -0.1) is 0 Å². The van der Waals surface area contributed by atoms with Gasteiger partial charge in [-0.25, -0.2) is 9.78 Å². The number of imidazole rings is 1. The standard InChI is InChI=1S/C12H16N4O2/c1-3-4-16-10-8(11(17)15-12(16)18)13-9(14-10)7-5-6(7)2/h6-7H,3-5H2,1-2H3,(H,13,14)(H,15,17,18). The van der Waals surface area contributed by atoms with Gasteiger partial charge in [0.1, 0.15) is 11.3 Å². The molecule has 2 N–H and O–H groups in total. The van der Waals surface area contributed by atoms with Gasteiger partial charge in [0.25, 0.3) is 5.56 Å². The van der Waals surface area contributed by atoms with Crippen LogP contribution in [0, 0.1) is 5.92 Å². The van der Waals surface area contributed by atoms with Gasteiger partial charge in [0, 0.05) is 12.5 Å². The fraction of sp³-hybridized carbons (Fsp3) is 0.583. The van der Waals surface area contributed by atoms with Crippen LogP contribution in [0.5, 0.6) is 0 Å². The third kappa shape index (κ3) is 1.60. The summed E-state index contributed by atoms with van der Waals surface area (Å²) in [6.07, 6.45) is 1.92. The van der Waals surface area contributed by atoms with Crippen molar-refractivity contribution < 1.29 is 0 Å². The van der Waals surface area contributed by atoms with Crippen molar-refractivity contribution in [1.82, 2.24) is 19.5 Å². The van der Waals surface area contributed by atoms with Crippen LogP contribution in [-0.2, 0) is 6.54 Å². The highest BCUT2D eigenvalue weighted by molar-refractivity contribution is 5.69. The Morgan fingerprint density at radius 2 is 2.11 bits per heavy atom. The Kier molecular flexibility index (Phi) is 2.39. The van der Waals surface area contributed by atoms with Crippen LogP contribution in [0.1, 0.15) is 38.4 Å². The van der Waals surface area contributed by atoms with Crippen molar-refractivity contribution in [2.45, 2.75) is 39.2 Å². The molecule has 6 heteroatoms. The summed E-state index contributed by atoms with van der Waals surface area (Å²) < 4.78 is 1.53. The molecular weight excluding hydrogens is 232 g/mol. The minimum atomic E-state index is -0.380. The van der Waals surface area contributed by atoms with Gasteiger partial charge in [0.05, 0.1) is 0 Å². The van der Waals surface area contributed by atoms with E-state index in [1.54, 1.807) is 0 Å². The summed E-state index contributed by atoms with van der Waals surface area (Å²) in [5, 5.41) is 0. The largest absolute Gasteiger partial charge is 0.336 e. The van der Waals surface area contributed by atoms with Crippen LogP contribution in [0.25, 0.3) is 11.2 Å². The third-order valence-electron chi connectivity index (χ3n) is 3.56. The fourth-order valence-corrected chi connectivity index (χ4v) is 2.37. The quantitative estimate of drug-likeness (QED) is 0.848. The van der Waals surface area contributed by atoms with E-state index in [0.717, 1.165) is 18.7 Å². The van der Waals surface area contributed by atoms with E-state index in [4.69, 9.17) is 0 Å². The summed E-state index contributed by atoms with van der Waals surface area (Å²) in [5.74, 6) is 1.84. The maximum atomic E-state index is 11.8. The molecule has 0 bridgehead atoms. The van der Waals surface area contributed by atoms with Crippen LogP contribution < -0.4 is 11.2 Å². The lowest BCUT2D eigenvalue weighted by molar-refractivity contribution is 0.652. The minimum absolute atomic E-state index is 0.378. The number of aromatic amines is 2. The number of aryl methyl sites for hydroxylation is 1. The van der Waals surface area contributed by atoms with Crippen LogP contribution in [-0.4, -0.2) is 19.5 Å². The van der Waals surface area contributed by atoms with Crippen LogP contribution in [0.15, 0.2) is 9.59 Å². The first kappa shape index (κ1) is 11.3.